The summed E-state index contributed by atoms with van der Waals surface area (Å²) in [5.41, 5.74) is 6.06. The van der Waals surface area contributed by atoms with Crippen molar-refractivity contribution in [1.29, 1.82) is 0 Å². The van der Waals surface area contributed by atoms with E-state index in [2.05, 4.69) is 30.0 Å². The molecule has 1 aliphatic heterocycles. The van der Waals surface area contributed by atoms with E-state index in [-0.39, 0.29) is 5.82 Å². The monoisotopic (exact) mass is 520 g/mol. The van der Waals surface area contributed by atoms with Gasteiger partial charge in [0.25, 0.3) is 0 Å². The van der Waals surface area contributed by atoms with Gasteiger partial charge < -0.3 is 9.72 Å². The number of likely N-dealkylation sites (tertiary alicyclic amines) is 1. The van der Waals surface area contributed by atoms with Crippen molar-refractivity contribution in [3.05, 3.63) is 72.8 Å². The Labute approximate surface area is 223 Å². The van der Waals surface area contributed by atoms with Gasteiger partial charge in [0.2, 0.25) is 0 Å². The molecule has 1 saturated heterocycles. The Bertz CT molecular complexity index is 1780. The Kier molecular flexibility index (Phi) is 5.93. The normalized spacial score (nSPS) is 14.0. The average Bonchev–Trinajstić information content (AvgIpc) is 3.72. The van der Waals surface area contributed by atoms with Crippen molar-refractivity contribution in [1.82, 2.24) is 40.0 Å². The lowest BCUT2D eigenvalue weighted by Crippen LogP contribution is -2.25. The Hall–Kier alpha value is -4.70. The molecule has 6 aromatic rings. The van der Waals surface area contributed by atoms with Gasteiger partial charge in [-0.2, -0.15) is 5.10 Å². The second-order valence-corrected chi connectivity index (χ2v) is 9.59. The minimum absolute atomic E-state index is 0.386. The maximum atomic E-state index is 14.6. The third-order valence-corrected chi connectivity index (χ3v) is 6.98. The van der Waals surface area contributed by atoms with Crippen LogP contribution in [0.25, 0.3) is 56.2 Å². The Morgan fingerprint density at radius 2 is 1.74 bits per heavy atom. The van der Waals surface area contributed by atoms with Gasteiger partial charge >= 0.3 is 0 Å². The molecule has 1 aliphatic rings. The van der Waals surface area contributed by atoms with Gasteiger partial charge in [0.15, 0.2) is 11.5 Å². The van der Waals surface area contributed by atoms with Crippen LogP contribution >= 0.6 is 0 Å². The third-order valence-electron chi connectivity index (χ3n) is 6.98. The van der Waals surface area contributed by atoms with Crippen LogP contribution in [0.3, 0.4) is 0 Å². The molecule has 0 saturated carbocycles. The fourth-order valence-electron chi connectivity index (χ4n) is 5.06. The summed E-state index contributed by atoms with van der Waals surface area (Å²) in [6.07, 6.45) is 5.86. The Morgan fingerprint density at radius 1 is 0.846 bits per heavy atom. The van der Waals surface area contributed by atoms with Gasteiger partial charge in [-0.25, -0.2) is 14.4 Å². The lowest BCUT2D eigenvalue weighted by molar-refractivity contribution is 0.237. The molecule has 5 aromatic heterocycles. The zero-order valence-corrected chi connectivity index (χ0v) is 21.1. The molecular weight excluding hydrogens is 495 g/mol. The molecule has 0 atom stereocenters. The largest absolute Gasteiger partial charge is 0.492 e. The van der Waals surface area contributed by atoms with E-state index < -0.39 is 0 Å². The van der Waals surface area contributed by atoms with Crippen LogP contribution in [0, 0.1) is 5.82 Å². The minimum Gasteiger partial charge on any atom is -0.492 e. The summed E-state index contributed by atoms with van der Waals surface area (Å²) in [4.78, 5) is 24.3. The highest BCUT2D eigenvalue weighted by Crippen LogP contribution is 2.32. The number of pyridine rings is 3. The fraction of sp³-hybridized carbons (Fsp3) is 0.207. The molecule has 0 radical (unpaired) electrons. The van der Waals surface area contributed by atoms with Crippen LogP contribution < -0.4 is 4.74 Å². The standard InChI is InChI=1S/C29H25FN8O/c30-19-15-18(16-20(17-19)39-14-13-38-11-3-4-12-38)25-26-23(8-10-32-25)34-29(35-26)28-27-24(36-37-28)7-6-22(33-27)21-5-1-2-9-31-21/h1-2,5-10,15-17H,3-4,11-14H2,(H,34,35)(H,36,37). The van der Waals surface area contributed by atoms with E-state index in [1.807, 2.05) is 42.5 Å². The number of ether oxygens (including phenoxy) is 1. The van der Waals surface area contributed by atoms with Gasteiger partial charge in [-0.05, 0) is 68.4 Å². The van der Waals surface area contributed by atoms with Crippen molar-refractivity contribution in [3.63, 3.8) is 0 Å². The van der Waals surface area contributed by atoms with E-state index in [1.165, 1.54) is 25.0 Å². The van der Waals surface area contributed by atoms with Crippen molar-refractivity contribution >= 4 is 22.1 Å². The number of fused-ring (bicyclic) bond motifs is 2. The number of hydrogen-bond acceptors (Lipinski definition) is 7. The van der Waals surface area contributed by atoms with Gasteiger partial charge in [0.05, 0.1) is 28.1 Å². The number of benzene rings is 1. The van der Waals surface area contributed by atoms with E-state index in [0.29, 0.717) is 46.2 Å². The molecular formula is C29H25FN8O. The summed E-state index contributed by atoms with van der Waals surface area (Å²) in [5, 5.41) is 7.52. The van der Waals surface area contributed by atoms with Gasteiger partial charge in [-0.1, -0.05) is 6.07 Å². The van der Waals surface area contributed by atoms with Crippen LogP contribution in [-0.2, 0) is 0 Å². The van der Waals surface area contributed by atoms with Gasteiger partial charge in [0, 0.05) is 30.6 Å². The van der Waals surface area contributed by atoms with E-state index in [0.717, 1.165) is 42.1 Å². The smallest absolute Gasteiger partial charge is 0.161 e. The average molecular weight is 521 g/mol. The molecule has 6 heterocycles. The molecule has 2 N–H and O–H groups in total. The molecule has 0 amide bonds. The zero-order valence-electron chi connectivity index (χ0n) is 21.1. The van der Waals surface area contributed by atoms with Gasteiger partial charge in [0.1, 0.15) is 29.2 Å². The van der Waals surface area contributed by atoms with Crippen LogP contribution in [0.1, 0.15) is 12.8 Å². The number of aromatic nitrogens is 7. The number of H-pyrrole nitrogens is 2. The first-order valence-corrected chi connectivity index (χ1v) is 13.0. The second-order valence-electron chi connectivity index (χ2n) is 9.59. The van der Waals surface area contributed by atoms with Crippen molar-refractivity contribution in [2.75, 3.05) is 26.2 Å². The second kappa shape index (κ2) is 9.88. The number of nitrogens with zero attached hydrogens (tertiary/aromatic N) is 6. The van der Waals surface area contributed by atoms with E-state index in [9.17, 15) is 4.39 Å². The summed E-state index contributed by atoms with van der Waals surface area (Å²) < 4.78 is 20.6. The van der Waals surface area contributed by atoms with Crippen molar-refractivity contribution in [2.24, 2.45) is 0 Å². The molecule has 1 aromatic carbocycles. The number of rotatable bonds is 7. The predicted molar refractivity (Wildman–Crippen MR) is 147 cm³/mol. The Balaban J connectivity index is 1.23. The zero-order chi connectivity index (χ0) is 26.2. The molecule has 0 aliphatic carbocycles. The highest BCUT2D eigenvalue weighted by molar-refractivity contribution is 5.95. The first kappa shape index (κ1) is 23.4. The molecule has 0 spiro atoms. The number of imidazole rings is 1. The van der Waals surface area contributed by atoms with E-state index in [1.54, 1.807) is 12.4 Å². The van der Waals surface area contributed by atoms with Crippen molar-refractivity contribution < 1.29 is 9.13 Å². The van der Waals surface area contributed by atoms with Crippen molar-refractivity contribution in [2.45, 2.75) is 12.8 Å². The van der Waals surface area contributed by atoms with E-state index in [4.69, 9.17) is 14.7 Å². The topological polar surface area (TPSA) is 108 Å². The summed E-state index contributed by atoms with van der Waals surface area (Å²) in [6.45, 7) is 3.52. The van der Waals surface area contributed by atoms with Crippen molar-refractivity contribution in [3.8, 4) is 39.9 Å². The summed E-state index contributed by atoms with van der Waals surface area (Å²) >= 11 is 0. The maximum absolute atomic E-state index is 14.6. The quantitative estimate of drug-likeness (QED) is 0.296. The molecule has 10 heteroatoms. The third kappa shape index (κ3) is 4.59. The molecule has 0 bridgehead atoms. The summed E-state index contributed by atoms with van der Waals surface area (Å²) in [5.74, 6) is 0.626. The SMILES string of the molecule is Fc1cc(OCCN2CCCC2)cc(-c2nccc3[nH]c(-c4n[nH]c5ccc(-c6ccccn6)nc45)nc23)c1. The van der Waals surface area contributed by atoms with Gasteiger partial charge in [-0.15, -0.1) is 0 Å². The molecule has 0 unspecified atom stereocenters. The van der Waals surface area contributed by atoms with Gasteiger partial charge in [-0.3, -0.25) is 20.0 Å². The molecule has 39 heavy (non-hydrogen) atoms. The molecule has 9 nitrogen and oxygen atoms in total. The summed E-state index contributed by atoms with van der Waals surface area (Å²) in [7, 11) is 0. The fourth-order valence-corrected chi connectivity index (χ4v) is 5.06. The number of nitrogens with one attached hydrogen (secondary N) is 2. The summed E-state index contributed by atoms with van der Waals surface area (Å²) in [6, 6.07) is 16.0. The highest BCUT2D eigenvalue weighted by atomic mass is 19.1. The molecule has 194 valence electrons. The Morgan fingerprint density at radius 3 is 2.62 bits per heavy atom. The predicted octanol–water partition coefficient (Wildman–Crippen LogP) is 5.24. The highest BCUT2D eigenvalue weighted by Gasteiger charge is 2.18. The van der Waals surface area contributed by atoms with Crippen LogP contribution in [0.2, 0.25) is 0 Å². The number of halogens is 1. The maximum Gasteiger partial charge on any atom is 0.161 e. The lowest BCUT2D eigenvalue weighted by atomic mass is 10.1. The molecule has 1 fully saturated rings. The first-order valence-electron chi connectivity index (χ1n) is 13.0. The van der Waals surface area contributed by atoms with Crippen LogP contribution in [-0.4, -0.2) is 66.3 Å². The van der Waals surface area contributed by atoms with E-state index >= 15 is 0 Å². The molecule has 7 rings (SSSR count). The first-order chi connectivity index (χ1) is 19.2. The lowest BCUT2D eigenvalue weighted by Gasteiger charge is -2.15. The van der Waals surface area contributed by atoms with Crippen LogP contribution in [0.4, 0.5) is 4.39 Å². The number of aromatic amines is 2. The van der Waals surface area contributed by atoms with Crippen LogP contribution in [0.15, 0.2) is 67.0 Å². The minimum atomic E-state index is -0.386. The van der Waals surface area contributed by atoms with Crippen LogP contribution in [0.5, 0.6) is 5.75 Å². The number of hydrogen-bond donors (Lipinski definition) is 2.